The third-order valence-electron chi connectivity index (χ3n) is 1.62. The lowest BCUT2D eigenvalue weighted by atomic mass is 10.3. The summed E-state index contributed by atoms with van der Waals surface area (Å²) < 4.78 is 0. The number of aliphatic hydroxyl groups is 2. The Bertz CT molecular complexity index is 308. The van der Waals surface area contributed by atoms with Crippen LogP contribution in [0.25, 0.3) is 0 Å². The molecule has 0 saturated carbocycles. The lowest BCUT2D eigenvalue weighted by molar-refractivity contribution is 0.0874. The molecule has 1 aromatic heterocycles. The first-order chi connectivity index (χ1) is 6.67. The molecule has 0 radical (unpaired) electrons. The summed E-state index contributed by atoms with van der Waals surface area (Å²) in [7, 11) is 0. The molecule has 0 unspecified atom stereocenters. The molecule has 1 amide bonds. The summed E-state index contributed by atoms with van der Waals surface area (Å²) in [5.41, 5.74) is 5.48. The number of carbonyl (C=O) groups excluding carboxylic acids is 1. The zero-order valence-corrected chi connectivity index (χ0v) is 7.40. The molecule has 0 aliphatic carbocycles. The van der Waals surface area contributed by atoms with Crippen molar-refractivity contribution in [3.05, 3.63) is 11.8 Å². The maximum Gasteiger partial charge on any atom is 0.269 e. The van der Waals surface area contributed by atoms with E-state index >= 15 is 0 Å². The Balaban J connectivity index is 2.58. The quantitative estimate of drug-likeness (QED) is 0.387. The minimum absolute atomic E-state index is 0.189. The van der Waals surface area contributed by atoms with E-state index in [-0.39, 0.29) is 24.7 Å². The number of nitrogens with two attached hydrogens (primary N) is 1. The molecule has 0 aromatic carbocycles. The van der Waals surface area contributed by atoms with Crippen molar-refractivity contribution in [3.63, 3.8) is 0 Å². The molecule has 0 fully saturated rings. The summed E-state index contributed by atoms with van der Waals surface area (Å²) in [5.74, 6) is -0.262. The first-order valence-electron chi connectivity index (χ1n) is 4.00. The van der Waals surface area contributed by atoms with Gasteiger partial charge in [-0.15, -0.1) is 0 Å². The Hall–Kier alpha value is -1.60. The van der Waals surface area contributed by atoms with Gasteiger partial charge in [0.25, 0.3) is 5.91 Å². The molecule has 0 aliphatic rings. The van der Waals surface area contributed by atoms with Crippen LogP contribution in [0.1, 0.15) is 10.5 Å². The van der Waals surface area contributed by atoms with E-state index in [1.807, 2.05) is 0 Å². The van der Waals surface area contributed by atoms with E-state index in [2.05, 4.69) is 15.5 Å². The Morgan fingerprint density at radius 3 is 2.71 bits per heavy atom. The second-order valence-electron chi connectivity index (χ2n) is 2.74. The Morgan fingerprint density at radius 2 is 2.29 bits per heavy atom. The normalized spacial score (nSPS) is 10.5. The molecular weight excluding hydrogens is 188 g/mol. The monoisotopic (exact) mass is 200 g/mol. The van der Waals surface area contributed by atoms with Crippen LogP contribution in [-0.4, -0.2) is 45.6 Å². The number of hydrogen-bond donors (Lipinski definition) is 5. The molecule has 6 N–H and O–H groups in total. The Kier molecular flexibility index (Phi) is 3.43. The zero-order valence-electron chi connectivity index (χ0n) is 7.40. The van der Waals surface area contributed by atoms with E-state index < -0.39 is 11.9 Å². The van der Waals surface area contributed by atoms with Gasteiger partial charge in [-0.05, 0) is 0 Å². The summed E-state index contributed by atoms with van der Waals surface area (Å²) in [5, 5.41) is 25.8. The number of nitrogen functional groups attached to an aromatic ring is 1. The number of nitrogens with one attached hydrogen (secondary N) is 2. The van der Waals surface area contributed by atoms with Crippen molar-refractivity contribution in [2.75, 3.05) is 18.9 Å². The first kappa shape index (κ1) is 10.5. The molecular formula is C7H12N4O3. The summed E-state index contributed by atoms with van der Waals surface area (Å²) >= 11 is 0. The molecule has 0 aliphatic heterocycles. The second kappa shape index (κ2) is 4.58. The highest BCUT2D eigenvalue weighted by Crippen LogP contribution is 2.00. The van der Waals surface area contributed by atoms with E-state index in [0.717, 1.165) is 0 Å². The van der Waals surface area contributed by atoms with E-state index in [1.54, 1.807) is 0 Å². The Morgan fingerprint density at radius 1 is 1.64 bits per heavy atom. The van der Waals surface area contributed by atoms with Crippen LogP contribution in [0, 0.1) is 0 Å². The van der Waals surface area contributed by atoms with Crippen molar-refractivity contribution in [1.29, 1.82) is 0 Å². The number of H-pyrrole nitrogens is 1. The smallest absolute Gasteiger partial charge is 0.269 e. The van der Waals surface area contributed by atoms with Gasteiger partial charge in [-0.1, -0.05) is 0 Å². The van der Waals surface area contributed by atoms with Crippen LogP contribution in [0.2, 0.25) is 0 Å². The number of hydrogen-bond acceptors (Lipinski definition) is 5. The molecule has 1 heterocycles. The molecule has 0 saturated heterocycles. The van der Waals surface area contributed by atoms with Gasteiger partial charge in [0.15, 0.2) is 0 Å². The predicted octanol–water partition coefficient (Wildman–Crippen LogP) is -1.93. The lowest BCUT2D eigenvalue weighted by Gasteiger charge is -2.11. The summed E-state index contributed by atoms with van der Waals surface area (Å²) in [4.78, 5) is 11.3. The second-order valence-corrected chi connectivity index (χ2v) is 2.74. The standard InChI is InChI=1S/C7H12N4O3/c8-6-1-5(10-11-6)7(14)9-4(2-12)3-13/h1,4,12-13H,2-3H2,(H,9,14)(H3,8,10,11). The van der Waals surface area contributed by atoms with Crippen molar-refractivity contribution in [3.8, 4) is 0 Å². The van der Waals surface area contributed by atoms with Crippen molar-refractivity contribution in [1.82, 2.24) is 15.5 Å². The highest BCUT2D eigenvalue weighted by atomic mass is 16.3. The lowest BCUT2D eigenvalue weighted by Crippen LogP contribution is -2.40. The van der Waals surface area contributed by atoms with E-state index in [0.29, 0.717) is 0 Å². The van der Waals surface area contributed by atoms with Gasteiger partial charge in [-0.25, -0.2) is 0 Å². The van der Waals surface area contributed by atoms with Crippen LogP contribution in [-0.2, 0) is 0 Å². The molecule has 0 atom stereocenters. The molecule has 1 aromatic rings. The fourth-order valence-electron chi connectivity index (χ4n) is 0.866. The highest BCUT2D eigenvalue weighted by molar-refractivity contribution is 5.93. The molecule has 7 heteroatoms. The van der Waals surface area contributed by atoms with Crippen LogP contribution >= 0.6 is 0 Å². The van der Waals surface area contributed by atoms with Gasteiger partial charge in [-0.2, -0.15) is 5.10 Å². The number of aliphatic hydroxyl groups excluding tert-OH is 2. The van der Waals surface area contributed by atoms with Gasteiger partial charge in [0, 0.05) is 6.07 Å². The zero-order chi connectivity index (χ0) is 10.6. The number of anilines is 1. The number of rotatable bonds is 4. The van der Waals surface area contributed by atoms with Gasteiger partial charge in [0.1, 0.15) is 11.5 Å². The van der Waals surface area contributed by atoms with Crippen LogP contribution in [0.4, 0.5) is 5.82 Å². The van der Waals surface area contributed by atoms with Crippen LogP contribution in [0.3, 0.4) is 0 Å². The van der Waals surface area contributed by atoms with Crippen LogP contribution < -0.4 is 11.1 Å². The van der Waals surface area contributed by atoms with Gasteiger partial charge >= 0.3 is 0 Å². The van der Waals surface area contributed by atoms with Gasteiger partial charge in [0.05, 0.1) is 19.3 Å². The van der Waals surface area contributed by atoms with Gasteiger partial charge in [0.2, 0.25) is 0 Å². The molecule has 1 rings (SSSR count). The van der Waals surface area contributed by atoms with E-state index in [1.165, 1.54) is 6.07 Å². The minimum atomic E-state index is -0.674. The molecule has 78 valence electrons. The maximum absolute atomic E-state index is 11.3. The molecule has 7 nitrogen and oxygen atoms in total. The topological polar surface area (TPSA) is 124 Å². The number of carbonyl (C=O) groups is 1. The highest BCUT2D eigenvalue weighted by Gasteiger charge is 2.13. The van der Waals surface area contributed by atoms with Crippen molar-refractivity contribution in [2.24, 2.45) is 0 Å². The fourth-order valence-corrected chi connectivity index (χ4v) is 0.866. The third kappa shape index (κ3) is 2.44. The van der Waals surface area contributed by atoms with Gasteiger partial charge in [-0.3, -0.25) is 9.89 Å². The van der Waals surface area contributed by atoms with Gasteiger partial charge < -0.3 is 21.3 Å². The number of nitrogens with zero attached hydrogens (tertiary/aromatic N) is 1. The minimum Gasteiger partial charge on any atom is -0.394 e. The number of aromatic amines is 1. The maximum atomic E-state index is 11.3. The first-order valence-corrected chi connectivity index (χ1v) is 4.00. The van der Waals surface area contributed by atoms with E-state index in [4.69, 9.17) is 15.9 Å². The van der Waals surface area contributed by atoms with Crippen molar-refractivity contribution in [2.45, 2.75) is 6.04 Å². The third-order valence-corrected chi connectivity index (χ3v) is 1.62. The Labute approximate surface area is 79.9 Å². The molecule has 14 heavy (non-hydrogen) atoms. The summed E-state index contributed by atoms with van der Waals surface area (Å²) in [6, 6.07) is 0.688. The van der Waals surface area contributed by atoms with E-state index in [9.17, 15) is 4.79 Å². The number of amides is 1. The van der Waals surface area contributed by atoms with Crippen molar-refractivity contribution >= 4 is 11.7 Å². The predicted molar refractivity (Wildman–Crippen MR) is 48.4 cm³/mol. The average Bonchev–Trinajstić information content (AvgIpc) is 2.61. The summed E-state index contributed by atoms with van der Waals surface area (Å²) in [6.07, 6.45) is 0. The van der Waals surface area contributed by atoms with Crippen LogP contribution in [0.15, 0.2) is 6.07 Å². The molecule has 0 bridgehead atoms. The van der Waals surface area contributed by atoms with Crippen LogP contribution in [0.5, 0.6) is 0 Å². The summed E-state index contributed by atoms with van der Waals surface area (Å²) in [6.45, 7) is -0.655. The fraction of sp³-hybridized carbons (Fsp3) is 0.429. The van der Waals surface area contributed by atoms with Crippen molar-refractivity contribution < 1.29 is 15.0 Å². The number of aromatic nitrogens is 2. The molecule has 0 spiro atoms. The largest absolute Gasteiger partial charge is 0.394 e. The average molecular weight is 200 g/mol. The SMILES string of the molecule is Nc1cc(C(=O)NC(CO)CO)[nH]n1.